The van der Waals surface area contributed by atoms with E-state index in [0.29, 0.717) is 5.75 Å². The Bertz CT molecular complexity index is 540. The van der Waals surface area contributed by atoms with Gasteiger partial charge in [-0.25, -0.2) is 4.79 Å². The number of carbonyl (C=O) groups excluding carboxylic acids is 1. The van der Waals surface area contributed by atoms with Crippen LogP contribution in [-0.4, -0.2) is 40.1 Å². The molecule has 0 amide bonds. The Kier molecular flexibility index (Phi) is 7.14. The SMILES string of the molecule is C=CC(=O)OCCS(Cc1ccc(OC)cc1)=P(O)(O)O. The smallest absolute Gasteiger partial charge is 0.330 e. The number of esters is 1. The maximum atomic E-state index is 10.9. The highest BCUT2D eigenvalue weighted by atomic mass is 32.5. The van der Waals surface area contributed by atoms with Crippen LogP contribution in [0.3, 0.4) is 0 Å². The molecule has 3 N–H and O–H groups in total. The maximum Gasteiger partial charge on any atom is 0.330 e. The van der Waals surface area contributed by atoms with Gasteiger partial charge in [0.15, 0.2) is 0 Å². The van der Waals surface area contributed by atoms with E-state index in [1.807, 2.05) is 0 Å². The van der Waals surface area contributed by atoms with Gasteiger partial charge >= 0.3 is 5.97 Å². The number of carbonyl (C=O) groups is 1. The van der Waals surface area contributed by atoms with Gasteiger partial charge in [-0.05, 0) is 17.7 Å². The summed E-state index contributed by atoms with van der Waals surface area (Å²) in [4.78, 5) is 39.5. The second-order valence-corrected chi connectivity index (χ2v) is 9.71. The Hall–Kier alpha value is -1.11. The van der Waals surface area contributed by atoms with E-state index in [4.69, 9.17) is 9.47 Å². The van der Waals surface area contributed by atoms with Crippen molar-refractivity contribution >= 4 is 22.8 Å². The van der Waals surface area contributed by atoms with Crippen LogP contribution in [0.15, 0.2) is 36.9 Å². The third-order valence-corrected chi connectivity index (χ3v) is 7.58. The second-order valence-electron chi connectivity index (χ2n) is 4.04. The van der Waals surface area contributed by atoms with Gasteiger partial charge in [0, 0.05) is 17.6 Å². The van der Waals surface area contributed by atoms with Crippen LogP contribution in [0, 0.1) is 0 Å². The summed E-state index contributed by atoms with van der Waals surface area (Å²) in [6.07, 6.45) is 1.03. The summed E-state index contributed by atoms with van der Waals surface area (Å²) in [7, 11) is 0.461. The van der Waals surface area contributed by atoms with Crippen LogP contribution >= 0.6 is 6.72 Å². The van der Waals surface area contributed by atoms with E-state index >= 15 is 0 Å². The zero-order valence-electron chi connectivity index (χ0n) is 11.6. The molecule has 1 atom stereocenters. The number of methoxy groups -OCH3 is 1. The molecular formula is C13H19O6PS. The zero-order valence-corrected chi connectivity index (χ0v) is 13.3. The molecule has 0 fully saturated rings. The summed E-state index contributed by atoms with van der Waals surface area (Å²) in [6, 6.07) is 7.07. The van der Waals surface area contributed by atoms with E-state index in [-0.39, 0.29) is 18.1 Å². The minimum atomic E-state index is -4.00. The molecule has 1 unspecified atom stereocenters. The van der Waals surface area contributed by atoms with Crippen LogP contribution in [-0.2, 0) is 25.4 Å². The van der Waals surface area contributed by atoms with Gasteiger partial charge in [0.1, 0.15) is 12.4 Å². The molecule has 0 saturated heterocycles. The van der Waals surface area contributed by atoms with Gasteiger partial charge in [0.25, 0.3) is 6.72 Å². The van der Waals surface area contributed by atoms with Crippen molar-refractivity contribution in [3.05, 3.63) is 42.5 Å². The molecule has 1 aromatic carbocycles. The van der Waals surface area contributed by atoms with Crippen LogP contribution < -0.4 is 4.74 Å². The third-order valence-electron chi connectivity index (χ3n) is 2.57. The first-order valence-electron chi connectivity index (χ1n) is 6.04. The Morgan fingerprint density at radius 1 is 1.33 bits per heavy atom. The second kappa shape index (κ2) is 8.36. The minimum Gasteiger partial charge on any atom is -0.497 e. The molecule has 0 spiro atoms. The molecule has 0 aromatic heterocycles. The molecule has 1 rings (SSSR count). The molecule has 0 bridgehead atoms. The Morgan fingerprint density at radius 3 is 2.43 bits per heavy atom. The molecule has 0 aliphatic carbocycles. The van der Waals surface area contributed by atoms with Crippen molar-refractivity contribution in [2.45, 2.75) is 5.75 Å². The molecular weight excluding hydrogens is 315 g/mol. The Morgan fingerprint density at radius 2 is 1.95 bits per heavy atom. The fourth-order valence-electron chi connectivity index (χ4n) is 1.49. The first-order chi connectivity index (χ1) is 9.86. The summed E-state index contributed by atoms with van der Waals surface area (Å²) < 4.78 is 9.84. The standard InChI is InChI=1S/C13H19O6PS/c1-3-13(14)19-8-9-21(20(15,16)17)10-11-4-6-12(18-2)7-5-11/h3-7,15-17H,1,8-10H2,2H3. The summed E-state index contributed by atoms with van der Waals surface area (Å²) in [5.41, 5.74) is 0.829. The van der Waals surface area contributed by atoms with Crippen molar-refractivity contribution in [1.82, 2.24) is 0 Å². The lowest BCUT2D eigenvalue weighted by Gasteiger charge is -2.15. The molecule has 8 heteroatoms. The first-order valence-corrected chi connectivity index (χ1v) is 9.86. The lowest BCUT2D eigenvalue weighted by molar-refractivity contribution is -0.137. The largest absolute Gasteiger partial charge is 0.497 e. The highest BCUT2D eigenvalue weighted by Gasteiger charge is 2.14. The van der Waals surface area contributed by atoms with Crippen molar-refractivity contribution in [3.63, 3.8) is 0 Å². The van der Waals surface area contributed by atoms with Crippen molar-refractivity contribution in [1.29, 1.82) is 0 Å². The van der Waals surface area contributed by atoms with E-state index in [1.165, 1.54) is 0 Å². The van der Waals surface area contributed by atoms with Gasteiger partial charge < -0.3 is 24.2 Å². The highest BCUT2D eigenvalue weighted by molar-refractivity contribution is 8.27. The highest BCUT2D eigenvalue weighted by Crippen LogP contribution is 2.38. The van der Waals surface area contributed by atoms with Gasteiger partial charge in [-0.15, -0.1) is 10.1 Å². The summed E-state index contributed by atoms with van der Waals surface area (Å²) in [5, 5.41) is 0. The summed E-state index contributed by atoms with van der Waals surface area (Å²) in [5.74, 6) is 0.563. The molecule has 6 nitrogen and oxygen atoms in total. The van der Waals surface area contributed by atoms with E-state index < -0.39 is 22.8 Å². The fourth-order valence-corrected chi connectivity index (χ4v) is 4.83. The van der Waals surface area contributed by atoms with Crippen LogP contribution in [0.25, 0.3) is 0 Å². The lowest BCUT2D eigenvalue weighted by atomic mass is 10.2. The van der Waals surface area contributed by atoms with E-state index in [1.54, 1.807) is 31.4 Å². The monoisotopic (exact) mass is 334 g/mol. The van der Waals surface area contributed by atoms with E-state index in [0.717, 1.165) is 11.6 Å². The average molecular weight is 334 g/mol. The molecule has 0 heterocycles. The molecule has 0 aliphatic rings. The molecule has 0 radical (unpaired) electrons. The maximum absolute atomic E-state index is 10.9. The number of rotatable bonds is 7. The summed E-state index contributed by atoms with van der Waals surface area (Å²) in [6.45, 7) is -0.740. The van der Waals surface area contributed by atoms with Crippen LogP contribution in [0.4, 0.5) is 0 Å². The molecule has 118 valence electrons. The van der Waals surface area contributed by atoms with Crippen molar-refractivity contribution in [3.8, 4) is 5.75 Å². The van der Waals surface area contributed by atoms with Crippen molar-refractivity contribution < 1.29 is 28.9 Å². The van der Waals surface area contributed by atoms with E-state index in [2.05, 4.69) is 6.58 Å². The number of hydrogen-bond acceptors (Lipinski definition) is 3. The van der Waals surface area contributed by atoms with Gasteiger partial charge in [-0.1, -0.05) is 18.7 Å². The topological polar surface area (TPSA) is 96.2 Å². The predicted octanol–water partition coefficient (Wildman–Crippen LogP) is 1.20. The van der Waals surface area contributed by atoms with Crippen LogP contribution in [0.1, 0.15) is 5.56 Å². The Labute approximate surface area is 125 Å². The quantitative estimate of drug-likeness (QED) is 0.394. The number of ether oxygens (including phenoxy) is 2. The van der Waals surface area contributed by atoms with Crippen molar-refractivity contribution in [2.75, 3.05) is 19.5 Å². The van der Waals surface area contributed by atoms with Gasteiger partial charge in [0.05, 0.1) is 7.11 Å². The average Bonchev–Trinajstić information content (AvgIpc) is 2.45. The van der Waals surface area contributed by atoms with Gasteiger partial charge in [-0.2, -0.15) is 0 Å². The fraction of sp³-hybridized carbons (Fsp3) is 0.308. The number of benzene rings is 1. The third kappa shape index (κ3) is 6.46. The Balaban J connectivity index is 2.75. The molecule has 21 heavy (non-hydrogen) atoms. The summed E-state index contributed by atoms with van der Waals surface area (Å²) >= 11 is 0. The minimum absolute atomic E-state index is 0.00640. The van der Waals surface area contributed by atoms with Gasteiger partial charge in [-0.3, -0.25) is 0 Å². The molecule has 1 aromatic rings. The zero-order chi connectivity index (χ0) is 15.9. The van der Waals surface area contributed by atoms with Crippen LogP contribution in [0.2, 0.25) is 0 Å². The van der Waals surface area contributed by atoms with Crippen LogP contribution in [0.5, 0.6) is 5.75 Å². The molecule has 0 aliphatic heterocycles. The predicted molar refractivity (Wildman–Crippen MR) is 83.7 cm³/mol. The molecule has 0 saturated carbocycles. The number of hydrogen-bond donors (Lipinski definition) is 3. The lowest BCUT2D eigenvalue weighted by Crippen LogP contribution is -2.12. The van der Waals surface area contributed by atoms with Crippen molar-refractivity contribution in [2.24, 2.45) is 0 Å². The van der Waals surface area contributed by atoms with E-state index in [9.17, 15) is 19.5 Å². The van der Waals surface area contributed by atoms with Gasteiger partial charge in [0.2, 0.25) is 0 Å². The first kappa shape index (κ1) is 17.9. The normalized spacial score (nSPS) is 12.6.